The highest BCUT2D eigenvalue weighted by molar-refractivity contribution is 5.79. The number of carboxylic acids is 1. The van der Waals surface area contributed by atoms with E-state index in [1.54, 1.807) is 27.7 Å². The van der Waals surface area contributed by atoms with Gasteiger partial charge < -0.3 is 222 Å². The first-order valence-corrected chi connectivity index (χ1v) is 51.7. The number of rotatable bonds is 37. The van der Waals surface area contributed by atoms with E-state index in [0.717, 1.165) is 11.9 Å². The molecule has 5 aliphatic carbocycles. The summed E-state index contributed by atoms with van der Waals surface area (Å²) in [5.74, 6) is -6.93. The van der Waals surface area contributed by atoms with Crippen molar-refractivity contribution in [1.82, 2.24) is 0 Å². The second-order valence-electron chi connectivity index (χ2n) is 45.0. The van der Waals surface area contributed by atoms with Crippen molar-refractivity contribution in [1.29, 1.82) is 0 Å². The van der Waals surface area contributed by atoms with Crippen LogP contribution in [0.2, 0.25) is 0 Å². The van der Waals surface area contributed by atoms with Gasteiger partial charge in [0.25, 0.3) is 0 Å². The van der Waals surface area contributed by atoms with Crippen molar-refractivity contribution in [2.75, 3.05) is 39.6 Å². The van der Waals surface area contributed by atoms with Crippen molar-refractivity contribution in [3.63, 3.8) is 0 Å². The number of aliphatic hydroxyl groups is 23. The van der Waals surface area contributed by atoms with Crippen molar-refractivity contribution in [3.8, 4) is 0 Å². The zero-order valence-corrected chi connectivity index (χ0v) is 84.7. The summed E-state index contributed by atoms with van der Waals surface area (Å²) in [6, 6.07) is 0. The summed E-state index contributed by atoms with van der Waals surface area (Å²) in [6.07, 6.45) is -74.8. The molecule has 844 valence electrons. The third-order valence-corrected chi connectivity index (χ3v) is 35.2. The largest absolute Gasteiger partial charge is 0.479 e. The van der Waals surface area contributed by atoms with E-state index in [9.17, 15) is 137 Å². The second kappa shape index (κ2) is 48.0. The van der Waals surface area contributed by atoms with Crippen molar-refractivity contribution in [3.05, 3.63) is 11.6 Å². The summed E-state index contributed by atoms with van der Waals surface area (Å²) in [5, 5.41) is 265. The molecule has 0 aromatic carbocycles. The van der Waals surface area contributed by atoms with Gasteiger partial charge >= 0.3 is 23.9 Å². The molecule has 0 aromatic heterocycles. The van der Waals surface area contributed by atoms with Crippen LogP contribution in [0.1, 0.15) is 192 Å². The Morgan fingerprint density at radius 1 is 0.456 bits per heavy atom. The number of hydrogen-bond acceptors (Lipinski definition) is 48. The Balaban J connectivity index is 0.751. The summed E-state index contributed by atoms with van der Waals surface area (Å²) >= 11 is 0. The lowest BCUT2D eigenvalue weighted by molar-refractivity contribution is -0.392. The molecule has 9 aliphatic heterocycles. The molecule has 4 saturated carbocycles. The summed E-state index contributed by atoms with van der Waals surface area (Å²) < 4.78 is 123. The van der Waals surface area contributed by atoms with Crippen LogP contribution in [-0.2, 0) is 119 Å². The number of hydrogen-bond donors (Lipinski definition) is 24. The fraction of sp³-hybridized carbons (Fsp3) is 0.929. The maximum Gasteiger partial charge on any atom is 0.335 e. The zero-order valence-electron chi connectivity index (χ0n) is 84.7. The van der Waals surface area contributed by atoms with Crippen molar-refractivity contribution >= 4 is 30.2 Å². The van der Waals surface area contributed by atoms with Gasteiger partial charge in [-0.2, -0.15) is 0 Å². The number of allylic oxidation sites excluding steroid dienone is 2. The van der Waals surface area contributed by atoms with Gasteiger partial charge in [0, 0.05) is 19.3 Å². The fourth-order valence-corrected chi connectivity index (χ4v) is 25.4. The lowest BCUT2D eigenvalue weighted by Crippen LogP contribution is -2.69. The molecule has 9 heterocycles. The minimum Gasteiger partial charge on any atom is -0.479 e. The number of ether oxygens (including phenoxy) is 20. The highest BCUT2D eigenvalue weighted by Gasteiger charge is 2.72. The van der Waals surface area contributed by atoms with Gasteiger partial charge in [0.1, 0.15) is 165 Å². The molecule has 1 unspecified atom stereocenters. The van der Waals surface area contributed by atoms with Crippen LogP contribution >= 0.6 is 0 Å². The summed E-state index contributed by atoms with van der Waals surface area (Å²) in [6.45, 7) is 18.2. The predicted molar refractivity (Wildman–Crippen MR) is 488 cm³/mol. The van der Waals surface area contributed by atoms with Gasteiger partial charge in [0.15, 0.2) is 68.6 Å². The molecule has 0 amide bonds. The summed E-state index contributed by atoms with van der Waals surface area (Å²) in [4.78, 5) is 73.4. The van der Waals surface area contributed by atoms with Gasteiger partial charge in [0.05, 0.1) is 106 Å². The van der Waals surface area contributed by atoms with Gasteiger partial charge in [0.2, 0.25) is 6.29 Å². The number of aldehydes is 1. The van der Waals surface area contributed by atoms with Crippen molar-refractivity contribution in [2.45, 2.75) is 469 Å². The molecule has 13 fully saturated rings. The Bertz CT molecular complexity index is 4350. The first-order chi connectivity index (χ1) is 69.2. The molecule has 0 bridgehead atoms. The molecule has 24 N–H and O–H groups in total. The van der Waals surface area contributed by atoms with Gasteiger partial charge in [-0.05, 0) is 129 Å². The van der Waals surface area contributed by atoms with Crippen molar-refractivity contribution in [2.24, 2.45) is 62.1 Å². The van der Waals surface area contributed by atoms with Gasteiger partial charge in [-0.15, -0.1) is 0 Å². The van der Waals surface area contributed by atoms with Crippen LogP contribution < -0.4 is 0 Å². The molecule has 14 aliphatic rings. The van der Waals surface area contributed by atoms with Crippen molar-refractivity contribution < 1.29 is 241 Å². The Morgan fingerprint density at radius 3 is 1.53 bits per heavy atom. The number of aliphatic hydroxyl groups excluding tert-OH is 23. The topological polar surface area (TPSA) is 755 Å². The highest BCUT2D eigenvalue weighted by atomic mass is 16.8. The van der Waals surface area contributed by atoms with Crippen LogP contribution in [0.3, 0.4) is 0 Å². The first-order valence-electron chi connectivity index (χ1n) is 51.7. The Hall–Kier alpha value is -4.31. The summed E-state index contributed by atoms with van der Waals surface area (Å²) in [7, 11) is 0. The lowest BCUT2D eigenvalue weighted by Gasteiger charge is -2.71. The Labute approximate surface area is 850 Å². The van der Waals surface area contributed by atoms with E-state index in [2.05, 4.69) is 40.7 Å². The average molecular weight is 2120 g/mol. The third-order valence-electron chi connectivity index (χ3n) is 35.2. The fourth-order valence-electron chi connectivity index (χ4n) is 25.4. The SMILES string of the molecule is CC[C@H](C)[C@H](C[C@H](O)CC(=O)O[C@H]1[C@@H](O)[C@@H](C)O[C@@H](OC(=O)[C@]23CCC(C)(C)C[C@H]2C2=CCC4[C@@]5(C)CC[C@H](O[C@@H]6O[C@H](C(=O)O)[C@@H](O)[C@H](O[C@@H]7OC[C@@H](O)[C@H](O)[C@H]7O)[C@H]6O[C@@H]6O[C@H](CO)[C@H](O)[C@H](O)[C@H]6O)[C@@](C)(C=O)[C@@H]5CC[C@@]4(C)[C@]2(C)CC3)[C@@H]1O[C@@H]1O[C@@H](C)[C@H](O[C@H]2C[C@@H](O[C@@H]3OC[C@@H](O)[C@H](O)[C@H]3O)[C@H](O)CO2)[C@@H](O[C@@H]2O[C@H](CO)[C@@H](O)[C@H](O)[C@H]2O)[C@H]1O)OC(=O)C[C@@H](O)C[C@H](O[C@@H]1O[C@@H](CO)[C@H](O)[C@H]1O)[C@@H](C)CC. The molecule has 0 radical (unpaired) electrons. The molecule has 147 heavy (non-hydrogen) atoms. The lowest BCUT2D eigenvalue weighted by atomic mass is 9.33. The van der Waals surface area contributed by atoms with E-state index in [0.29, 0.717) is 57.8 Å². The number of carbonyl (C=O) groups is 5. The van der Waals surface area contributed by atoms with Gasteiger partial charge in [-0.3, -0.25) is 14.4 Å². The average Bonchev–Trinajstić information content (AvgIpc) is 0.882. The van der Waals surface area contributed by atoms with Gasteiger partial charge in [-0.1, -0.05) is 93.7 Å². The number of carboxylic acid groups (broad SMARTS) is 1. The van der Waals surface area contributed by atoms with E-state index < -0.39 is 416 Å². The minimum atomic E-state index is -2.28. The highest BCUT2D eigenvalue weighted by Crippen LogP contribution is 2.76. The zero-order chi connectivity index (χ0) is 108. The minimum absolute atomic E-state index is 0.0633. The molecule has 55 atom stereocenters. The first kappa shape index (κ1) is 118. The maximum absolute atomic E-state index is 16.7. The van der Waals surface area contributed by atoms with E-state index in [1.165, 1.54) is 13.8 Å². The van der Waals surface area contributed by atoms with Crippen LogP contribution in [0.4, 0.5) is 0 Å². The molecule has 9 saturated heterocycles. The molecule has 49 heteroatoms. The van der Waals surface area contributed by atoms with Gasteiger partial charge in [-0.25, -0.2) is 4.79 Å². The number of aliphatic carboxylic acids is 1. The van der Waals surface area contributed by atoms with E-state index in [4.69, 9.17) is 94.7 Å². The molecular weight excluding hydrogens is 1960 g/mol. The Morgan fingerprint density at radius 2 is 0.952 bits per heavy atom. The number of esters is 3. The predicted octanol–water partition coefficient (Wildman–Crippen LogP) is -5.80. The molecule has 0 aromatic rings. The molecular formula is C98H158O49. The monoisotopic (exact) mass is 2120 g/mol. The second-order valence-corrected chi connectivity index (χ2v) is 45.0. The van der Waals surface area contributed by atoms with E-state index in [-0.39, 0.29) is 37.5 Å². The molecule has 49 nitrogen and oxygen atoms in total. The molecule has 14 rings (SSSR count). The standard InChI is InChI=1S/C98H158O49/c1-13-38(3)49(133-58(108)27-43(104)26-50(39(4)14-2)134-86-71(120)66(115)54(33-101)136-86)25-42(103)28-59(109)140-77-61(110)40(5)131-90(81(77)146-89-75(124)79(143-87-72(121)67(116)64(113)52(31-99)137-87)76(41(6)132-89)141-60-29-51(46(105)34-128-60)135-84-69(118)62(111)47(106)35-129-84)147-92(127)98-23-21-93(7,8)30-45(98)44-15-16-56-94(9)19-18-57(95(10,37-102)55(94)17-20-97(56,12)96(44,11)22-24-98)139-91-82(145-88-73(122)68(117)65(114)53(32-100)138-88)78(74(123)80(144-91)83(125)126)142-85-70(119)63(112)48(107)36-130-85/h15,37-43,45-57,60-82,84-91,99-101,103-107,110-124H,13-14,16-36H2,1-12H3,(H,125,126)/t38-,39-,40+,41-,42-,43-,45-,46+,47+,48+,49-,50-,51+,52+,53+,54-,55+,56?,57-,60-,61-,62-,63-,64+,65-,66-,67-,68-,69+,70+,71+,72+,73+,74-,75+,76-,77-,78-,79-,80-,81+,82+,84-,85-,86+,87-,88-,89-,90-,91+,94-,95-,96+,97+,98-/m0/s1. The van der Waals surface area contributed by atoms with E-state index >= 15 is 9.59 Å². The Kier molecular flexibility index (Phi) is 38.6. The smallest absolute Gasteiger partial charge is 0.335 e. The normalized spacial score (nSPS) is 48.7. The maximum atomic E-state index is 16.7. The molecule has 0 spiro atoms. The third kappa shape index (κ3) is 23.8. The van der Waals surface area contributed by atoms with Crippen LogP contribution in [-0.4, -0.2) is 469 Å². The van der Waals surface area contributed by atoms with Crippen LogP contribution in [0.15, 0.2) is 11.6 Å². The van der Waals surface area contributed by atoms with Crippen LogP contribution in [0, 0.1) is 62.1 Å². The quantitative estimate of drug-likeness (QED) is 0.00906. The number of carbonyl (C=O) groups excluding carboxylic acids is 4. The number of fused-ring (bicyclic) bond motifs is 7. The summed E-state index contributed by atoms with van der Waals surface area (Å²) in [5.41, 5.74) is -4.53. The van der Waals surface area contributed by atoms with Crippen LogP contribution in [0.25, 0.3) is 0 Å². The van der Waals surface area contributed by atoms with E-state index in [1.807, 2.05) is 6.92 Å². The van der Waals surface area contributed by atoms with Crippen LogP contribution in [0.5, 0.6) is 0 Å².